The summed E-state index contributed by atoms with van der Waals surface area (Å²) in [6.07, 6.45) is -0.533. The van der Waals surface area contributed by atoms with E-state index in [1.165, 1.54) is 11.8 Å². The van der Waals surface area contributed by atoms with Crippen molar-refractivity contribution in [1.82, 2.24) is 15.5 Å². The molecule has 0 radical (unpaired) electrons. The average Bonchev–Trinajstić information content (AvgIpc) is 3.07. The summed E-state index contributed by atoms with van der Waals surface area (Å²) in [6, 6.07) is 11.4. The van der Waals surface area contributed by atoms with Gasteiger partial charge in [0.2, 0.25) is 18.1 Å². The van der Waals surface area contributed by atoms with Gasteiger partial charge in [0.05, 0.1) is 0 Å². The van der Waals surface area contributed by atoms with E-state index in [9.17, 15) is 28.8 Å². The van der Waals surface area contributed by atoms with Crippen LogP contribution < -0.4 is 25.8 Å². The molecule has 2 aromatic carbocycles. The standard InChI is InChI=1S/C36H48N4O10/c1-6-32(42)48-24(5)49-35(45)29(20-25-11-13-27(14-12-25)50-36(46)40-17-15-26(16-18-40)33(37)43)39-34(44)28(19-22(2)3)38-31(41)21-47-30-10-8-7-9-23(30)4/h7-14,22,24,26,28-29H,6,15-21H2,1-5H3,(H2,37,43)(H,38,41)(H,39,44)/t24?,28-,29-/m0/s1. The molecule has 14 heteroatoms. The molecule has 14 nitrogen and oxygen atoms in total. The van der Waals surface area contributed by atoms with Crippen molar-refractivity contribution in [3.05, 3.63) is 59.7 Å². The molecule has 1 aliphatic rings. The highest BCUT2D eigenvalue weighted by molar-refractivity contribution is 5.91. The number of esters is 2. The molecule has 0 saturated carbocycles. The smallest absolute Gasteiger partial charge is 0.415 e. The van der Waals surface area contributed by atoms with E-state index in [0.29, 0.717) is 37.2 Å². The number of benzene rings is 2. The lowest BCUT2D eigenvalue weighted by molar-refractivity contribution is -0.186. The fourth-order valence-electron chi connectivity index (χ4n) is 5.25. The van der Waals surface area contributed by atoms with Crippen LogP contribution in [0.25, 0.3) is 0 Å². The van der Waals surface area contributed by atoms with Gasteiger partial charge in [-0.05, 0) is 61.4 Å². The van der Waals surface area contributed by atoms with E-state index in [0.717, 1.165) is 5.56 Å². The normalized spacial score (nSPS) is 14.9. The third-order valence-corrected chi connectivity index (χ3v) is 8.00. The molecule has 0 spiro atoms. The number of carbonyl (C=O) groups is 6. The monoisotopic (exact) mass is 696 g/mol. The molecule has 4 N–H and O–H groups in total. The Hall–Kier alpha value is -5.14. The van der Waals surface area contributed by atoms with E-state index >= 15 is 0 Å². The molecule has 3 atom stereocenters. The van der Waals surface area contributed by atoms with Crippen LogP contribution in [0.3, 0.4) is 0 Å². The summed E-state index contributed by atoms with van der Waals surface area (Å²) in [4.78, 5) is 77.1. The molecule has 0 aromatic heterocycles. The maximum atomic E-state index is 13.6. The highest BCUT2D eigenvalue weighted by Crippen LogP contribution is 2.20. The Morgan fingerprint density at radius 3 is 2.16 bits per heavy atom. The second kappa shape index (κ2) is 19.2. The number of likely N-dealkylation sites (tertiary alicyclic amines) is 1. The van der Waals surface area contributed by atoms with Crippen molar-refractivity contribution < 1.29 is 47.7 Å². The van der Waals surface area contributed by atoms with Gasteiger partial charge in [-0.2, -0.15) is 0 Å². The first-order valence-corrected chi connectivity index (χ1v) is 16.8. The van der Waals surface area contributed by atoms with Crippen molar-refractivity contribution >= 4 is 35.8 Å². The van der Waals surface area contributed by atoms with Crippen molar-refractivity contribution in [2.75, 3.05) is 19.7 Å². The van der Waals surface area contributed by atoms with Crippen LogP contribution in [0.1, 0.15) is 64.5 Å². The molecule has 1 unspecified atom stereocenters. The summed E-state index contributed by atoms with van der Waals surface area (Å²) in [5, 5.41) is 5.41. The van der Waals surface area contributed by atoms with E-state index in [4.69, 9.17) is 24.7 Å². The summed E-state index contributed by atoms with van der Waals surface area (Å²) in [7, 11) is 0. The highest BCUT2D eigenvalue weighted by atomic mass is 16.7. The van der Waals surface area contributed by atoms with Gasteiger partial charge in [-0.3, -0.25) is 19.2 Å². The first kappa shape index (κ1) is 39.3. The number of primary amides is 1. The van der Waals surface area contributed by atoms with Crippen LogP contribution in [0.5, 0.6) is 11.5 Å². The van der Waals surface area contributed by atoms with Gasteiger partial charge in [0.15, 0.2) is 6.61 Å². The van der Waals surface area contributed by atoms with Gasteiger partial charge in [-0.15, -0.1) is 0 Å². The number of para-hydroxylation sites is 1. The fraction of sp³-hybridized carbons (Fsp3) is 0.500. The van der Waals surface area contributed by atoms with Crippen molar-refractivity contribution in [3.63, 3.8) is 0 Å². The third-order valence-electron chi connectivity index (χ3n) is 8.00. The highest BCUT2D eigenvalue weighted by Gasteiger charge is 2.31. The molecular formula is C36H48N4O10. The van der Waals surface area contributed by atoms with E-state index in [1.807, 2.05) is 32.9 Å². The Morgan fingerprint density at radius 2 is 1.56 bits per heavy atom. The zero-order chi connectivity index (χ0) is 36.8. The second-order valence-corrected chi connectivity index (χ2v) is 12.6. The van der Waals surface area contributed by atoms with Crippen LogP contribution in [0.2, 0.25) is 0 Å². The minimum absolute atomic E-state index is 0.00647. The van der Waals surface area contributed by atoms with Crippen molar-refractivity contribution in [2.24, 2.45) is 17.6 Å². The van der Waals surface area contributed by atoms with Crippen LogP contribution in [0.15, 0.2) is 48.5 Å². The number of nitrogens with one attached hydrogen (secondary N) is 2. The summed E-state index contributed by atoms with van der Waals surface area (Å²) < 4.78 is 21.6. The topological polar surface area (TPSA) is 193 Å². The minimum Gasteiger partial charge on any atom is -0.484 e. The van der Waals surface area contributed by atoms with E-state index < -0.39 is 48.2 Å². The van der Waals surface area contributed by atoms with Gasteiger partial charge >= 0.3 is 18.0 Å². The Morgan fingerprint density at radius 1 is 0.900 bits per heavy atom. The second-order valence-electron chi connectivity index (χ2n) is 12.6. The number of aryl methyl sites for hydroxylation is 1. The third kappa shape index (κ3) is 12.7. The first-order chi connectivity index (χ1) is 23.7. The fourth-order valence-corrected chi connectivity index (χ4v) is 5.25. The lowest BCUT2D eigenvalue weighted by atomic mass is 9.97. The Kier molecular flexibility index (Phi) is 15.1. The molecular weight excluding hydrogens is 648 g/mol. The summed E-state index contributed by atoms with van der Waals surface area (Å²) >= 11 is 0. The van der Waals surface area contributed by atoms with E-state index in [-0.39, 0.29) is 49.4 Å². The van der Waals surface area contributed by atoms with Crippen LogP contribution in [0, 0.1) is 18.8 Å². The van der Waals surface area contributed by atoms with Gasteiger partial charge in [0.25, 0.3) is 5.91 Å². The van der Waals surface area contributed by atoms with E-state index in [1.54, 1.807) is 43.3 Å². The Balaban J connectivity index is 1.70. The SMILES string of the molecule is CCC(=O)OC(C)OC(=O)[C@H](Cc1ccc(OC(=O)N2CCC(C(N)=O)CC2)cc1)NC(=O)[C@H](CC(C)C)NC(=O)COc1ccccc1C. The number of hydrogen-bond acceptors (Lipinski definition) is 10. The number of carbonyl (C=O) groups excluding carboxylic acids is 6. The Labute approximate surface area is 292 Å². The van der Waals surface area contributed by atoms with E-state index in [2.05, 4.69) is 10.6 Å². The average molecular weight is 697 g/mol. The molecule has 2 aromatic rings. The number of hydrogen-bond donors (Lipinski definition) is 3. The predicted octanol–water partition coefficient (Wildman–Crippen LogP) is 3.17. The van der Waals surface area contributed by atoms with Gasteiger partial charge in [0.1, 0.15) is 23.6 Å². The maximum Gasteiger partial charge on any atom is 0.415 e. The summed E-state index contributed by atoms with van der Waals surface area (Å²) in [5.74, 6) is -2.41. The number of nitrogens with two attached hydrogens (primary N) is 1. The number of ether oxygens (including phenoxy) is 4. The largest absolute Gasteiger partial charge is 0.484 e. The molecule has 0 aliphatic carbocycles. The van der Waals surface area contributed by atoms with Crippen LogP contribution in [0.4, 0.5) is 4.79 Å². The zero-order valence-electron chi connectivity index (χ0n) is 29.3. The van der Waals surface area contributed by atoms with Crippen molar-refractivity contribution in [1.29, 1.82) is 0 Å². The molecule has 272 valence electrons. The Bertz CT molecular complexity index is 1490. The number of rotatable bonds is 16. The first-order valence-electron chi connectivity index (χ1n) is 16.8. The van der Waals surface area contributed by atoms with Crippen LogP contribution in [-0.4, -0.2) is 78.7 Å². The molecule has 1 heterocycles. The van der Waals surface area contributed by atoms with Gasteiger partial charge in [-0.1, -0.05) is 51.1 Å². The molecule has 0 bridgehead atoms. The van der Waals surface area contributed by atoms with Crippen molar-refractivity contribution in [2.45, 2.75) is 85.1 Å². The minimum atomic E-state index is -1.24. The summed E-state index contributed by atoms with van der Waals surface area (Å²) in [6.45, 7) is 9.00. The lowest BCUT2D eigenvalue weighted by Gasteiger charge is -2.29. The molecule has 3 rings (SSSR count). The molecule has 1 aliphatic heterocycles. The summed E-state index contributed by atoms with van der Waals surface area (Å²) in [5.41, 5.74) is 6.81. The molecule has 50 heavy (non-hydrogen) atoms. The number of amides is 4. The maximum absolute atomic E-state index is 13.6. The molecule has 4 amide bonds. The predicted molar refractivity (Wildman–Crippen MR) is 182 cm³/mol. The molecule has 1 saturated heterocycles. The number of piperidine rings is 1. The van der Waals surface area contributed by atoms with Crippen molar-refractivity contribution in [3.8, 4) is 11.5 Å². The van der Waals surface area contributed by atoms with Gasteiger partial charge in [0, 0.05) is 38.8 Å². The van der Waals surface area contributed by atoms with Crippen LogP contribution >= 0.6 is 0 Å². The van der Waals surface area contributed by atoms with Gasteiger partial charge in [-0.25, -0.2) is 9.59 Å². The zero-order valence-corrected chi connectivity index (χ0v) is 29.3. The quantitative estimate of drug-likeness (QED) is 0.173. The molecule has 1 fully saturated rings. The lowest BCUT2D eigenvalue weighted by Crippen LogP contribution is -2.54. The number of nitrogens with zero attached hydrogens (tertiary/aromatic N) is 1. The van der Waals surface area contributed by atoms with Gasteiger partial charge < -0.3 is 40.2 Å². The van der Waals surface area contributed by atoms with Crippen LogP contribution in [-0.2, 0) is 39.9 Å².